The Kier molecular flexibility index (Phi) is 2.09. The number of aryl methyl sites for hydroxylation is 1. The number of rotatable bonds is 0. The second-order valence-corrected chi connectivity index (χ2v) is 7.60. The summed E-state index contributed by atoms with van der Waals surface area (Å²) in [4.78, 5) is 0. The molecule has 7 rings (SSSR count). The lowest BCUT2D eigenvalue weighted by Crippen LogP contribution is -2.05. The highest BCUT2D eigenvalue weighted by Crippen LogP contribution is 2.51. The summed E-state index contributed by atoms with van der Waals surface area (Å²) in [7, 11) is 0. The summed E-state index contributed by atoms with van der Waals surface area (Å²) in [5.74, 6) is 0. The van der Waals surface area contributed by atoms with Gasteiger partial charge >= 0.3 is 0 Å². The highest BCUT2D eigenvalue weighted by molar-refractivity contribution is 6.29. The molecule has 1 heteroatoms. The van der Waals surface area contributed by atoms with Crippen LogP contribution < -0.4 is 0 Å². The maximum Gasteiger partial charge on any atom is 0.109 e. The molecule has 25 heavy (non-hydrogen) atoms. The van der Waals surface area contributed by atoms with Gasteiger partial charge in [-0.3, -0.25) is 0 Å². The predicted molar refractivity (Wildman–Crippen MR) is 104 cm³/mol. The first-order valence-electron chi connectivity index (χ1n) is 9.16. The largest absolute Gasteiger partial charge is 0.364 e. The molecule has 1 heterocycles. The quantitative estimate of drug-likeness (QED) is 0.190. The molecule has 1 fully saturated rings. The third-order valence-corrected chi connectivity index (χ3v) is 6.34. The van der Waals surface area contributed by atoms with Crippen molar-refractivity contribution in [2.75, 3.05) is 0 Å². The maximum atomic E-state index is 5.89. The molecule has 0 N–H and O–H groups in total. The van der Waals surface area contributed by atoms with E-state index in [1.54, 1.807) is 0 Å². The highest BCUT2D eigenvalue weighted by atomic mass is 16.6. The van der Waals surface area contributed by atoms with Crippen LogP contribution in [0.3, 0.4) is 0 Å². The molecule has 118 valence electrons. The Morgan fingerprint density at radius 3 is 2.48 bits per heavy atom. The van der Waals surface area contributed by atoms with Crippen molar-refractivity contribution in [2.45, 2.75) is 25.0 Å². The fourth-order valence-corrected chi connectivity index (χ4v) is 5.17. The van der Waals surface area contributed by atoms with Gasteiger partial charge in [0.2, 0.25) is 0 Å². The topological polar surface area (TPSA) is 12.5 Å². The van der Waals surface area contributed by atoms with Gasteiger partial charge in [0.25, 0.3) is 0 Å². The lowest BCUT2D eigenvalue weighted by molar-refractivity contribution is 0.373. The van der Waals surface area contributed by atoms with Gasteiger partial charge in [-0.25, -0.2) is 0 Å². The van der Waals surface area contributed by atoms with E-state index >= 15 is 0 Å². The first-order valence-corrected chi connectivity index (χ1v) is 9.16. The fraction of sp³-hybridized carbons (Fsp3) is 0.167. The van der Waals surface area contributed by atoms with E-state index in [1.807, 2.05) is 0 Å². The van der Waals surface area contributed by atoms with Crippen LogP contribution in [0.2, 0.25) is 0 Å². The van der Waals surface area contributed by atoms with Gasteiger partial charge in [-0.05, 0) is 79.2 Å². The second kappa shape index (κ2) is 4.12. The Morgan fingerprint density at radius 2 is 1.52 bits per heavy atom. The minimum atomic E-state index is 0.353. The van der Waals surface area contributed by atoms with Crippen LogP contribution in [0, 0.1) is 0 Å². The van der Waals surface area contributed by atoms with E-state index in [-0.39, 0.29) is 0 Å². The van der Waals surface area contributed by atoms with Gasteiger partial charge in [0.05, 0.1) is 6.10 Å². The van der Waals surface area contributed by atoms with Gasteiger partial charge in [-0.2, -0.15) is 0 Å². The Morgan fingerprint density at radius 1 is 0.720 bits per heavy atom. The standard InChI is InChI=1S/C24H16O/c1-2-4-16-13(3-1)11-14-5-8-19-17-9-10-21-24(25-21)20(17)12-15-6-7-18(16)22(14)23(15)19/h1-8,11-12,21,24H,9-10H2. The van der Waals surface area contributed by atoms with Gasteiger partial charge in [0.1, 0.15) is 6.10 Å². The zero-order chi connectivity index (χ0) is 16.1. The smallest absolute Gasteiger partial charge is 0.109 e. The van der Waals surface area contributed by atoms with Crippen LogP contribution in [-0.2, 0) is 11.2 Å². The predicted octanol–water partition coefficient (Wildman–Crippen LogP) is 6.12. The average Bonchev–Trinajstić information content (AvgIpc) is 3.45. The van der Waals surface area contributed by atoms with E-state index in [1.165, 1.54) is 60.6 Å². The molecule has 2 atom stereocenters. The maximum absolute atomic E-state index is 5.89. The number of hydrogen-bond acceptors (Lipinski definition) is 1. The lowest BCUT2D eigenvalue weighted by Gasteiger charge is -2.19. The Bertz CT molecular complexity index is 1330. The van der Waals surface area contributed by atoms with Gasteiger partial charge < -0.3 is 4.74 Å². The summed E-state index contributed by atoms with van der Waals surface area (Å²) in [6, 6.07) is 22.8. The normalized spacial score (nSPS) is 21.9. The number of fused-ring (bicyclic) bond motifs is 6. The molecule has 0 radical (unpaired) electrons. The summed E-state index contributed by atoms with van der Waals surface area (Å²) < 4.78 is 5.89. The molecule has 1 aliphatic heterocycles. The van der Waals surface area contributed by atoms with E-state index in [2.05, 4.69) is 60.7 Å². The summed E-state index contributed by atoms with van der Waals surface area (Å²) in [6.45, 7) is 0. The van der Waals surface area contributed by atoms with Gasteiger partial charge in [0.15, 0.2) is 0 Å². The third-order valence-electron chi connectivity index (χ3n) is 6.34. The minimum absolute atomic E-state index is 0.353. The first-order chi connectivity index (χ1) is 12.4. The molecule has 0 spiro atoms. The molecule has 2 aliphatic rings. The van der Waals surface area contributed by atoms with Crippen molar-refractivity contribution in [3.8, 4) is 0 Å². The summed E-state index contributed by atoms with van der Waals surface area (Å²) in [5, 5.41) is 11.1. The van der Waals surface area contributed by atoms with E-state index < -0.39 is 0 Å². The van der Waals surface area contributed by atoms with Gasteiger partial charge in [-0.1, -0.05) is 48.5 Å². The van der Waals surface area contributed by atoms with E-state index in [0.29, 0.717) is 12.2 Å². The van der Waals surface area contributed by atoms with Gasteiger partial charge in [0, 0.05) is 0 Å². The van der Waals surface area contributed by atoms with Crippen LogP contribution in [0.1, 0.15) is 23.7 Å². The summed E-state index contributed by atoms with van der Waals surface area (Å²) in [5.41, 5.74) is 2.96. The zero-order valence-electron chi connectivity index (χ0n) is 13.8. The van der Waals surface area contributed by atoms with Crippen molar-refractivity contribution in [1.82, 2.24) is 0 Å². The van der Waals surface area contributed by atoms with Crippen LogP contribution >= 0.6 is 0 Å². The van der Waals surface area contributed by atoms with Crippen molar-refractivity contribution >= 4 is 43.1 Å². The molecule has 1 aliphatic carbocycles. The Hall–Kier alpha value is -2.64. The van der Waals surface area contributed by atoms with Crippen molar-refractivity contribution in [1.29, 1.82) is 0 Å². The van der Waals surface area contributed by atoms with Crippen molar-refractivity contribution in [2.24, 2.45) is 0 Å². The fourth-order valence-electron chi connectivity index (χ4n) is 5.17. The van der Waals surface area contributed by atoms with E-state index in [0.717, 1.165) is 6.42 Å². The molecule has 0 amide bonds. The molecule has 0 bridgehead atoms. The molecule has 1 nitrogen and oxygen atoms in total. The van der Waals surface area contributed by atoms with E-state index in [4.69, 9.17) is 4.74 Å². The number of hydrogen-bond donors (Lipinski definition) is 0. The molecule has 0 saturated carbocycles. The van der Waals surface area contributed by atoms with Crippen LogP contribution in [0.4, 0.5) is 0 Å². The Balaban J connectivity index is 1.75. The molecule has 5 aromatic carbocycles. The second-order valence-electron chi connectivity index (χ2n) is 7.60. The molecular formula is C24H16O. The number of epoxide rings is 1. The number of benzene rings is 5. The molecular weight excluding hydrogens is 304 g/mol. The summed E-state index contributed by atoms with van der Waals surface area (Å²) >= 11 is 0. The highest BCUT2D eigenvalue weighted by Gasteiger charge is 2.44. The summed E-state index contributed by atoms with van der Waals surface area (Å²) in [6.07, 6.45) is 3.15. The number of ether oxygens (including phenoxy) is 1. The molecule has 0 aromatic heterocycles. The van der Waals surface area contributed by atoms with E-state index in [9.17, 15) is 0 Å². The monoisotopic (exact) mass is 320 g/mol. The zero-order valence-corrected chi connectivity index (χ0v) is 13.8. The van der Waals surface area contributed by atoms with Crippen LogP contribution in [-0.4, -0.2) is 6.10 Å². The lowest BCUT2D eigenvalue weighted by atomic mass is 9.83. The SMILES string of the molecule is c1ccc2c(c1)cc1ccc3c4c(cc5ccc2c1c53)C1OC1CC4. The van der Waals surface area contributed by atoms with Crippen LogP contribution in [0.15, 0.2) is 60.7 Å². The van der Waals surface area contributed by atoms with Crippen molar-refractivity contribution in [3.63, 3.8) is 0 Å². The molecule has 2 unspecified atom stereocenters. The van der Waals surface area contributed by atoms with Crippen LogP contribution in [0.5, 0.6) is 0 Å². The Labute approximate surface area is 145 Å². The van der Waals surface area contributed by atoms with Crippen molar-refractivity contribution < 1.29 is 4.74 Å². The van der Waals surface area contributed by atoms with Crippen molar-refractivity contribution in [3.05, 3.63) is 71.8 Å². The first kappa shape index (κ1) is 12.7. The third kappa shape index (κ3) is 1.49. The van der Waals surface area contributed by atoms with Gasteiger partial charge in [-0.15, -0.1) is 0 Å². The average molecular weight is 320 g/mol. The van der Waals surface area contributed by atoms with Crippen LogP contribution in [0.25, 0.3) is 43.1 Å². The minimum Gasteiger partial charge on any atom is -0.364 e. The molecule has 5 aromatic rings. The molecule has 1 saturated heterocycles.